The Hall–Kier alpha value is -0.760. The molecule has 1 aliphatic rings. The van der Waals surface area contributed by atoms with Gasteiger partial charge in [0.25, 0.3) is 0 Å². The fraction of sp³-hybridized carbons (Fsp3) is 0.600. The molecule has 1 aliphatic heterocycles. The summed E-state index contributed by atoms with van der Waals surface area (Å²) in [6.45, 7) is 9.00. The van der Waals surface area contributed by atoms with Crippen molar-refractivity contribution in [2.45, 2.75) is 20.3 Å². The van der Waals surface area contributed by atoms with Crippen molar-refractivity contribution < 1.29 is 4.84 Å². The van der Waals surface area contributed by atoms with Gasteiger partial charge in [-0.25, -0.2) is 0 Å². The van der Waals surface area contributed by atoms with E-state index in [9.17, 15) is 0 Å². The summed E-state index contributed by atoms with van der Waals surface area (Å²) in [6, 6.07) is 0. The Morgan fingerprint density at radius 1 is 1.50 bits per heavy atom. The Bertz CT molecular complexity index is 206. The van der Waals surface area contributed by atoms with E-state index in [2.05, 4.69) is 26.5 Å². The van der Waals surface area contributed by atoms with Crippen molar-refractivity contribution in [1.82, 2.24) is 5.06 Å². The summed E-state index contributed by atoms with van der Waals surface area (Å²) >= 11 is 0. The first-order valence-corrected chi connectivity index (χ1v) is 4.25. The molecule has 12 heavy (non-hydrogen) atoms. The molecule has 0 spiro atoms. The summed E-state index contributed by atoms with van der Waals surface area (Å²) in [5.41, 5.74) is 1.14. The highest BCUT2D eigenvalue weighted by Crippen LogP contribution is 2.32. The molecule has 0 unspecified atom stereocenters. The molecule has 0 fully saturated rings. The van der Waals surface area contributed by atoms with E-state index >= 15 is 0 Å². The van der Waals surface area contributed by atoms with Gasteiger partial charge < -0.3 is 0 Å². The largest absolute Gasteiger partial charge is 0.270 e. The number of hydroxylamine groups is 2. The monoisotopic (exact) mass is 167 g/mol. The van der Waals surface area contributed by atoms with Crippen LogP contribution in [0, 0.1) is 5.41 Å². The molecule has 0 N–H and O–H groups in total. The molecular weight excluding hydrogens is 150 g/mol. The molecule has 0 aromatic rings. The highest BCUT2D eigenvalue weighted by Gasteiger charge is 2.24. The van der Waals surface area contributed by atoms with Crippen molar-refractivity contribution in [3.05, 3.63) is 24.4 Å². The minimum atomic E-state index is 0.103. The highest BCUT2D eigenvalue weighted by atomic mass is 16.7. The fourth-order valence-corrected chi connectivity index (χ4v) is 1.22. The lowest BCUT2D eigenvalue weighted by Crippen LogP contribution is -2.29. The van der Waals surface area contributed by atoms with Crippen LogP contribution in [0.15, 0.2) is 24.4 Å². The molecule has 0 amide bonds. The molecule has 0 radical (unpaired) electrons. The van der Waals surface area contributed by atoms with Crippen molar-refractivity contribution in [3.8, 4) is 0 Å². The molecule has 2 nitrogen and oxygen atoms in total. The quantitative estimate of drug-likeness (QED) is 0.513. The molecule has 0 saturated heterocycles. The zero-order valence-corrected chi connectivity index (χ0v) is 8.13. The van der Waals surface area contributed by atoms with E-state index in [1.165, 1.54) is 0 Å². The summed E-state index contributed by atoms with van der Waals surface area (Å²) in [5.74, 6) is 0. The number of nitrogens with zero attached hydrogens (tertiary/aromatic N) is 1. The van der Waals surface area contributed by atoms with Crippen LogP contribution < -0.4 is 0 Å². The number of hydrogen-bond acceptors (Lipinski definition) is 2. The van der Waals surface area contributed by atoms with Crippen molar-refractivity contribution in [1.29, 1.82) is 0 Å². The van der Waals surface area contributed by atoms with Crippen LogP contribution in [0.5, 0.6) is 0 Å². The second-order valence-corrected chi connectivity index (χ2v) is 3.80. The van der Waals surface area contributed by atoms with E-state index in [1.807, 2.05) is 13.1 Å². The molecule has 0 aliphatic carbocycles. The Morgan fingerprint density at radius 3 is 2.83 bits per heavy atom. The van der Waals surface area contributed by atoms with Crippen LogP contribution in [-0.4, -0.2) is 18.7 Å². The van der Waals surface area contributed by atoms with E-state index in [1.54, 1.807) is 5.06 Å². The third-order valence-corrected chi connectivity index (χ3v) is 2.32. The predicted octanol–water partition coefficient (Wildman–Crippen LogP) is 2.35. The van der Waals surface area contributed by atoms with Gasteiger partial charge in [0.1, 0.15) is 0 Å². The van der Waals surface area contributed by atoms with Gasteiger partial charge in [-0.05, 0) is 6.42 Å². The van der Waals surface area contributed by atoms with Gasteiger partial charge in [-0.3, -0.25) is 9.90 Å². The van der Waals surface area contributed by atoms with Crippen molar-refractivity contribution >= 4 is 0 Å². The Morgan fingerprint density at radius 2 is 2.17 bits per heavy atom. The van der Waals surface area contributed by atoms with E-state index in [0.717, 1.165) is 12.1 Å². The van der Waals surface area contributed by atoms with E-state index in [4.69, 9.17) is 4.84 Å². The van der Waals surface area contributed by atoms with Crippen LogP contribution >= 0.6 is 0 Å². The molecule has 1 heterocycles. The first-order chi connectivity index (χ1) is 5.54. The second-order valence-electron chi connectivity index (χ2n) is 3.80. The third kappa shape index (κ3) is 1.89. The average Bonchev–Trinajstić information content (AvgIpc) is 2.00. The lowest BCUT2D eigenvalue weighted by Gasteiger charge is -2.33. The van der Waals surface area contributed by atoms with Crippen LogP contribution in [0.25, 0.3) is 0 Å². The molecule has 0 atom stereocenters. The van der Waals surface area contributed by atoms with E-state index in [0.29, 0.717) is 6.61 Å². The minimum Gasteiger partial charge on any atom is -0.270 e. The molecule has 0 aromatic heterocycles. The minimum absolute atomic E-state index is 0.103. The van der Waals surface area contributed by atoms with Crippen LogP contribution in [0.3, 0.4) is 0 Å². The first kappa shape index (κ1) is 9.33. The zero-order valence-electron chi connectivity index (χ0n) is 8.13. The maximum Gasteiger partial charge on any atom is 0.0930 e. The summed E-state index contributed by atoms with van der Waals surface area (Å²) in [6.07, 6.45) is 5.22. The number of rotatable bonds is 0. The van der Waals surface area contributed by atoms with Crippen molar-refractivity contribution in [3.63, 3.8) is 0 Å². The molecule has 2 heteroatoms. The van der Waals surface area contributed by atoms with Gasteiger partial charge in [0.15, 0.2) is 0 Å². The van der Waals surface area contributed by atoms with Crippen LogP contribution in [0.2, 0.25) is 0 Å². The van der Waals surface area contributed by atoms with Gasteiger partial charge in [0, 0.05) is 18.2 Å². The summed E-state index contributed by atoms with van der Waals surface area (Å²) < 4.78 is 0. The lowest BCUT2D eigenvalue weighted by atomic mass is 9.85. The Balaban J connectivity index is 2.80. The van der Waals surface area contributed by atoms with Gasteiger partial charge in [-0.1, -0.05) is 32.6 Å². The summed E-state index contributed by atoms with van der Waals surface area (Å²) in [7, 11) is 1.91. The standard InChI is InChI=1S/C10H17NO/c1-9-10(2,3)7-5-6-8-12-11(9)4/h5-6H,1,7-8H2,2-4H3/b6-5-. The zero-order chi connectivity index (χ0) is 9.19. The third-order valence-electron chi connectivity index (χ3n) is 2.32. The van der Waals surface area contributed by atoms with Crippen LogP contribution in [0.4, 0.5) is 0 Å². The highest BCUT2D eigenvalue weighted by molar-refractivity contribution is 5.07. The molecule has 0 aromatic carbocycles. The smallest absolute Gasteiger partial charge is 0.0930 e. The normalized spacial score (nSPS) is 26.2. The molecule has 1 rings (SSSR count). The lowest BCUT2D eigenvalue weighted by molar-refractivity contribution is -0.113. The number of allylic oxidation sites excluding steroid dienone is 2. The molecule has 0 bridgehead atoms. The van der Waals surface area contributed by atoms with E-state index in [-0.39, 0.29) is 5.41 Å². The topological polar surface area (TPSA) is 12.5 Å². The SMILES string of the molecule is C=C1N(C)OC/C=C\CC1(C)C. The molecular formula is C10H17NO. The van der Waals surface area contributed by atoms with Crippen molar-refractivity contribution in [2.24, 2.45) is 5.41 Å². The van der Waals surface area contributed by atoms with E-state index < -0.39 is 0 Å². The second kappa shape index (κ2) is 3.31. The fourth-order valence-electron chi connectivity index (χ4n) is 1.22. The van der Waals surface area contributed by atoms with Crippen LogP contribution in [0.1, 0.15) is 20.3 Å². The summed E-state index contributed by atoms with van der Waals surface area (Å²) in [4.78, 5) is 5.38. The number of hydrogen-bond donors (Lipinski definition) is 0. The Labute approximate surface area is 74.5 Å². The predicted molar refractivity (Wildman–Crippen MR) is 50.4 cm³/mol. The van der Waals surface area contributed by atoms with Gasteiger partial charge >= 0.3 is 0 Å². The molecule has 0 saturated carbocycles. The first-order valence-electron chi connectivity index (χ1n) is 4.25. The summed E-state index contributed by atoms with van der Waals surface area (Å²) in [5, 5.41) is 1.77. The Kier molecular flexibility index (Phi) is 2.58. The molecule has 68 valence electrons. The average molecular weight is 167 g/mol. The maximum atomic E-state index is 5.38. The maximum absolute atomic E-state index is 5.38. The van der Waals surface area contributed by atoms with Gasteiger partial charge in [0.2, 0.25) is 0 Å². The van der Waals surface area contributed by atoms with Crippen molar-refractivity contribution in [2.75, 3.05) is 13.7 Å². The van der Waals surface area contributed by atoms with Gasteiger partial charge in [0.05, 0.1) is 6.61 Å². The van der Waals surface area contributed by atoms with Gasteiger partial charge in [-0.15, -0.1) is 0 Å². The van der Waals surface area contributed by atoms with Crippen LogP contribution in [-0.2, 0) is 4.84 Å². The van der Waals surface area contributed by atoms with Gasteiger partial charge in [-0.2, -0.15) is 0 Å².